The van der Waals surface area contributed by atoms with Crippen molar-refractivity contribution < 1.29 is 19.4 Å². The summed E-state index contributed by atoms with van der Waals surface area (Å²) < 4.78 is 7.30. The number of carbonyl (C=O) groups is 2. The SMILES string of the molecule is CC(C)(C)c1cc(NC(=O)Oc2cccc3ccccc23)n(-c2ccc(CCC(=O)O)cc2)n1. The molecule has 1 aromatic heterocycles. The maximum absolute atomic E-state index is 12.8. The lowest BCUT2D eigenvalue weighted by Crippen LogP contribution is -2.19. The minimum absolute atomic E-state index is 0.0715. The van der Waals surface area contributed by atoms with Crippen molar-refractivity contribution >= 4 is 28.7 Å². The molecular weight excluding hydrogens is 430 g/mol. The number of rotatable bonds is 6. The maximum atomic E-state index is 12.8. The molecule has 7 nitrogen and oxygen atoms in total. The third-order valence-corrected chi connectivity index (χ3v) is 5.47. The van der Waals surface area contributed by atoms with Crippen LogP contribution in [0.2, 0.25) is 0 Å². The Morgan fingerprint density at radius 1 is 1.00 bits per heavy atom. The number of hydrogen-bond donors (Lipinski definition) is 2. The highest BCUT2D eigenvalue weighted by Crippen LogP contribution is 2.28. The van der Waals surface area contributed by atoms with Gasteiger partial charge in [0.25, 0.3) is 0 Å². The lowest BCUT2D eigenvalue weighted by molar-refractivity contribution is -0.136. The molecule has 0 radical (unpaired) electrons. The minimum Gasteiger partial charge on any atom is -0.481 e. The normalized spacial score (nSPS) is 11.4. The van der Waals surface area contributed by atoms with Crippen LogP contribution in [0.5, 0.6) is 5.75 Å². The predicted octanol–water partition coefficient (Wildman–Crippen LogP) is 5.95. The van der Waals surface area contributed by atoms with Gasteiger partial charge in [-0.3, -0.25) is 10.1 Å². The molecule has 2 N–H and O–H groups in total. The number of hydrogen-bond acceptors (Lipinski definition) is 4. The number of carbonyl (C=O) groups excluding carboxylic acids is 1. The van der Waals surface area contributed by atoms with Crippen molar-refractivity contribution in [2.24, 2.45) is 0 Å². The van der Waals surface area contributed by atoms with Crippen LogP contribution in [0.25, 0.3) is 16.5 Å². The second-order valence-corrected chi connectivity index (χ2v) is 9.13. The van der Waals surface area contributed by atoms with E-state index in [4.69, 9.17) is 14.9 Å². The zero-order chi connectivity index (χ0) is 24.3. The van der Waals surface area contributed by atoms with E-state index in [2.05, 4.69) is 5.32 Å². The second-order valence-electron chi connectivity index (χ2n) is 9.13. The maximum Gasteiger partial charge on any atom is 0.418 e. The molecule has 0 spiro atoms. The van der Waals surface area contributed by atoms with Crippen molar-refractivity contribution in [1.29, 1.82) is 0 Å². The molecule has 1 heterocycles. The molecule has 0 aliphatic carbocycles. The largest absolute Gasteiger partial charge is 0.481 e. The van der Waals surface area contributed by atoms with Gasteiger partial charge in [-0.05, 0) is 35.6 Å². The third-order valence-electron chi connectivity index (χ3n) is 5.47. The number of fused-ring (bicyclic) bond motifs is 1. The van der Waals surface area contributed by atoms with Gasteiger partial charge in [0, 0.05) is 23.3 Å². The van der Waals surface area contributed by atoms with Gasteiger partial charge in [-0.1, -0.05) is 69.3 Å². The monoisotopic (exact) mass is 457 g/mol. The molecule has 0 bridgehead atoms. The number of aliphatic carboxylic acids is 1. The Morgan fingerprint density at radius 3 is 2.41 bits per heavy atom. The van der Waals surface area contributed by atoms with Crippen LogP contribution in [-0.4, -0.2) is 26.9 Å². The zero-order valence-electron chi connectivity index (χ0n) is 19.4. The third kappa shape index (κ3) is 5.26. The average molecular weight is 458 g/mol. The van der Waals surface area contributed by atoms with Gasteiger partial charge in [0.15, 0.2) is 0 Å². The summed E-state index contributed by atoms with van der Waals surface area (Å²) in [5.74, 6) is 0.121. The number of carboxylic acid groups (broad SMARTS) is 1. The average Bonchev–Trinajstić information content (AvgIpc) is 3.22. The van der Waals surface area contributed by atoms with Gasteiger partial charge in [0.2, 0.25) is 0 Å². The van der Waals surface area contributed by atoms with E-state index in [1.54, 1.807) is 10.7 Å². The van der Waals surface area contributed by atoms with Crippen molar-refractivity contribution in [2.45, 2.75) is 39.0 Å². The zero-order valence-corrected chi connectivity index (χ0v) is 19.4. The highest BCUT2D eigenvalue weighted by Gasteiger charge is 2.22. The van der Waals surface area contributed by atoms with E-state index in [9.17, 15) is 9.59 Å². The number of carboxylic acids is 1. The Kier molecular flexibility index (Phi) is 6.36. The van der Waals surface area contributed by atoms with Gasteiger partial charge < -0.3 is 9.84 Å². The van der Waals surface area contributed by atoms with E-state index in [0.717, 1.165) is 27.7 Å². The molecule has 3 aromatic carbocycles. The number of aromatic nitrogens is 2. The number of amides is 1. The van der Waals surface area contributed by atoms with Crippen LogP contribution in [-0.2, 0) is 16.6 Å². The summed E-state index contributed by atoms with van der Waals surface area (Å²) in [5.41, 5.74) is 2.24. The van der Waals surface area contributed by atoms with Crippen molar-refractivity contribution in [1.82, 2.24) is 9.78 Å². The molecule has 0 aliphatic rings. The van der Waals surface area contributed by atoms with Gasteiger partial charge in [-0.25, -0.2) is 9.48 Å². The van der Waals surface area contributed by atoms with Crippen molar-refractivity contribution in [3.8, 4) is 11.4 Å². The van der Waals surface area contributed by atoms with Gasteiger partial charge in [-0.15, -0.1) is 0 Å². The van der Waals surface area contributed by atoms with Crippen LogP contribution >= 0.6 is 0 Å². The number of benzene rings is 3. The summed E-state index contributed by atoms with van der Waals surface area (Å²) in [6, 6.07) is 22.6. The summed E-state index contributed by atoms with van der Waals surface area (Å²) in [6.45, 7) is 6.15. The Labute approximate surface area is 198 Å². The molecule has 1 amide bonds. The number of nitrogens with one attached hydrogen (secondary N) is 1. The first-order valence-electron chi connectivity index (χ1n) is 11.1. The fourth-order valence-electron chi connectivity index (χ4n) is 3.60. The molecule has 0 unspecified atom stereocenters. The number of ether oxygens (including phenoxy) is 1. The van der Waals surface area contributed by atoms with E-state index < -0.39 is 12.1 Å². The Hall–Kier alpha value is -4.13. The molecule has 0 fully saturated rings. The molecule has 0 atom stereocenters. The highest BCUT2D eigenvalue weighted by atomic mass is 16.6. The van der Waals surface area contributed by atoms with E-state index in [0.29, 0.717) is 18.0 Å². The summed E-state index contributed by atoms with van der Waals surface area (Å²) in [4.78, 5) is 23.7. The van der Waals surface area contributed by atoms with Gasteiger partial charge in [0.05, 0.1) is 11.4 Å². The summed E-state index contributed by atoms with van der Waals surface area (Å²) in [6.07, 6.45) is -0.0944. The standard InChI is InChI=1S/C27H27N3O4/c1-27(2,3)23-17-24(30(29-23)20-14-11-18(12-15-20)13-16-25(31)32)28-26(33)34-22-10-6-8-19-7-4-5-9-21(19)22/h4-12,14-15,17H,13,16H2,1-3H3,(H,28,33)(H,31,32). The first-order chi connectivity index (χ1) is 16.2. The molecule has 0 saturated heterocycles. The van der Waals surface area contributed by atoms with Crippen LogP contribution in [0.15, 0.2) is 72.8 Å². The fraction of sp³-hybridized carbons (Fsp3) is 0.222. The van der Waals surface area contributed by atoms with E-state index in [1.807, 2.05) is 87.5 Å². The topological polar surface area (TPSA) is 93.5 Å². The molecule has 7 heteroatoms. The second kappa shape index (κ2) is 9.39. The highest BCUT2D eigenvalue weighted by molar-refractivity contribution is 5.92. The Bertz CT molecular complexity index is 1330. The lowest BCUT2D eigenvalue weighted by atomic mass is 9.92. The first-order valence-corrected chi connectivity index (χ1v) is 11.1. The van der Waals surface area contributed by atoms with Crippen LogP contribution in [0.4, 0.5) is 10.6 Å². The van der Waals surface area contributed by atoms with Gasteiger partial charge in [0.1, 0.15) is 11.6 Å². The van der Waals surface area contributed by atoms with Crippen molar-refractivity contribution in [3.63, 3.8) is 0 Å². The van der Waals surface area contributed by atoms with Crippen LogP contribution < -0.4 is 10.1 Å². The van der Waals surface area contributed by atoms with E-state index in [1.165, 1.54) is 0 Å². The summed E-state index contributed by atoms with van der Waals surface area (Å²) in [5, 5.41) is 18.3. The van der Waals surface area contributed by atoms with Crippen molar-refractivity contribution in [3.05, 3.63) is 84.1 Å². The molecule has 4 rings (SSSR count). The summed E-state index contributed by atoms with van der Waals surface area (Å²) in [7, 11) is 0. The smallest absolute Gasteiger partial charge is 0.418 e. The molecule has 4 aromatic rings. The van der Waals surface area contributed by atoms with Crippen LogP contribution in [0, 0.1) is 0 Å². The van der Waals surface area contributed by atoms with Crippen LogP contribution in [0.3, 0.4) is 0 Å². The molecule has 0 saturated carbocycles. The van der Waals surface area contributed by atoms with E-state index >= 15 is 0 Å². The fourth-order valence-corrected chi connectivity index (χ4v) is 3.60. The van der Waals surface area contributed by atoms with Gasteiger partial charge in [-0.2, -0.15) is 5.10 Å². The number of nitrogens with zero attached hydrogens (tertiary/aromatic N) is 2. The molecule has 174 valence electrons. The Morgan fingerprint density at radius 2 is 1.71 bits per heavy atom. The lowest BCUT2D eigenvalue weighted by Gasteiger charge is -2.14. The predicted molar refractivity (Wildman–Crippen MR) is 132 cm³/mol. The minimum atomic E-state index is -0.831. The number of anilines is 1. The first kappa shape index (κ1) is 23.0. The Balaban J connectivity index is 1.60. The van der Waals surface area contributed by atoms with Crippen LogP contribution in [0.1, 0.15) is 38.4 Å². The molecular formula is C27H27N3O4. The van der Waals surface area contributed by atoms with E-state index in [-0.39, 0.29) is 11.8 Å². The van der Waals surface area contributed by atoms with Gasteiger partial charge >= 0.3 is 12.1 Å². The number of aryl methyl sites for hydroxylation is 1. The quantitative estimate of drug-likeness (QED) is 0.373. The van der Waals surface area contributed by atoms with Crippen molar-refractivity contribution in [2.75, 3.05) is 5.32 Å². The molecule has 34 heavy (non-hydrogen) atoms. The molecule has 0 aliphatic heterocycles. The summed E-state index contributed by atoms with van der Waals surface area (Å²) >= 11 is 0.